The molecule has 2 aliphatic rings. The van der Waals surface area contributed by atoms with Crippen molar-refractivity contribution in [3.05, 3.63) is 53.9 Å². The highest BCUT2D eigenvalue weighted by atomic mass is 32.2. The van der Waals surface area contributed by atoms with E-state index in [1.54, 1.807) is 11.8 Å². The summed E-state index contributed by atoms with van der Waals surface area (Å²) < 4.78 is 2.21. The highest BCUT2D eigenvalue weighted by molar-refractivity contribution is 8.00. The average molecular weight is 256 g/mol. The number of carbonyl (C=O) groups excluding carboxylic acids is 1. The lowest BCUT2D eigenvalue weighted by molar-refractivity contribution is -0.128. The van der Waals surface area contributed by atoms with Crippen LogP contribution in [0.25, 0.3) is 5.69 Å². The number of hydrogen-bond donors (Lipinski definition) is 0. The van der Waals surface area contributed by atoms with Crippen LogP contribution in [0.15, 0.2) is 42.6 Å². The number of amides is 1. The van der Waals surface area contributed by atoms with Gasteiger partial charge >= 0.3 is 0 Å². The lowest BCUT2D eigenvalue weighted by atomic mass is 10.1. The van der Waals surface area contributed by atoms with Crippen LogP contribution in [0, 0.1) is 0 Å². The Morgan fingerprint density at radius 1 is 1.17 bits per heavy atom. The Hall–Kier alpha value is -1.68. The summed E-state index contributed by atoms with van der Waals surface area (Å²) in [4.78, 5) is 14.0. The van der Waals surface area contributed by atoms with Gasteiger partial charge in [-0.25, -0.2) is 0 Å². The van der Waals surface area contributed by atoms with Crippen molar-refractivity contribution in [2.24, 2.45) is 0 Å². The number of thioether (sulfide) groups is 1. The van der Waals surface area contributed by atoms with Crippen LogP contribution in [0.3, 0.4) is 0 Å². The van der Waals surface area contributed by atoms with Crippen LogP contribution in [0.5, 0.6) is 0 Å². The first-order valence-electron chi connectivity index (χ1n) is 6.01. The van der Waals surface area contributed by atoms with E-state index in [-0.39, 0.29) is 11.3 Å². The zero-order chi connectivity index (χ0) is 12.1. The number of aromatic nitrogens is 1. The van der Waals surface area contributed by atoms with Gasteiger partial charge in [0.1, 0.15) is 5.37 Å². The van der Waals surface area contributed by atoms with E-state index < -0.39 is 0 Å². The summed E-state index contributed by atoms with van der Waals surface area (Å²) in [7, 11) is 0. The molecule has 0 aliphatic carbocycles. The summed E-state index contributed by atoms with van der Waals surface area (Å²) in [5, 5.41) is 0.167. The maximum absolute atomic E-state index is 12.0. The minimum atomic E-state index is 0.167. The second-order valence-electron chi connectivity index (χ2n) is 4.62. The van der Waals surface area contributed by atoms with Crippen molar-refractivity contribution in [1.29, 1.82) is 0 Å². The molecule has 4 heteroatoms. The Morgan fingerprint density at radius 2 is 2.06 bits per heavy atom. The predicted octanol–water partition coefficient (Wildman–Crippen LogP) is 2.56. The third-order valence-corrected chi connectivity index (χ3v) is 4.82. The van der Waals surface area contributed by atoms with Gasteiger partial charge in [-0.1, -0.05) is 18.2 Å². The van der Waals surface area contributed by atoms with Gasteiger partial charge in [0, 0.05) is 12.7 Å². The zero-order valence-electron chi connectivity index (χ0n) is 9.74. The molecule has 0 N–H and O–H groups in total. The number of nitrogens with zero attached hydrogens (tertiary/aromatic N) is 2. The van der Waals surface area contributed by atoms with E-state index >= 15 is 0 Å². The zero-order valence-corrected chi connectivity index (χ0v) is 10.6. The van der Waals surface area contributed by atoms with Crippen LogP contribution in [0.4, 0.5) is 0 Å². The van der Waals surface area contributed by atoms with E-state index in [1.807, 2.05) is 17.0 Å². The molecule has 0 bridgehead atoms. The Labute approximate surface area is 109 Å². The van der Waals surface area contributed by atoms with E-state index in [0.29, 0.717) is 12.3 Å². The molecule has 0 saturated carbocycles. The largest absolute Gasteiger partial charge is 0.320 e. The third kappa shape index (κ3) is 1.29. The number of benzene rings is 1. The molecule has 1 saturated heterocycles. The van der Waals surface area contributed by atoms with Gasteiger partial charge in [-0.3, -0.25) is 4.79 Å². The number of hydrogen-bond acceptors (Lipinski definition) is 2. The summed E-state index contributed by atoms with van der Waals surface area (Å²) >= 11 is 1.72. The van der Waals surface area contributed by atoms with Crippen LogP contribution < -0.4 is 0 Å². The van der Waals surface area contributed by atoms with Crippen LogP contribution in [-0.2, 0) is 11.3 Å². The van der Waals surface area contributed by atoms with Gasteiger partial charge in [0.05, 0.1) is 17.1 Å². The average Bonchev–Trinajstić information content (AvgIpc) is 2.96. The van der Waals surface area contributed by atoms with Crippen molar-refractivity contribution >= 4 is 17.7 Å². The fraction of sp³-hybridized carbons (Fsp3) is 0.214. The Kier molecular flexibility index (Phi) is 2.08. The number of fused-ring (bicyclic) bond motifs is 5. The number of rotatable bonds is 0. The van der Waals surface area contributed by atoms with Gasteiger partial charge in [-0.05, 0) is 23.8 Å². The lowest BCUT2D eigenvalue weighted by Gasteiger charge is -2.21. The fourth-order valence-corrected chi connectivity index (χ4v) is 3.95. The molecule has 2 aliphatic heterocycles. The van der Waals surface area contributed by atoms with Crippen molar-refractivity contribution in [3.8, 4) is 5.69 Å². The van der Waals surface area contributed by atoms with Gasteiger partial charge < -0.3 is 9.47 Å². The molecule has 1 aromatic carbocycles. The molecule has 0 radical (unpaired) electrons. The Balaban J connectivity index is 1.98. The van der Waals surface area contributed by atoms with Gasteiger partial charge in [0.25, 0.3) is 0 Å². The summed E-state index contributed by atoms with van der Waals surface area (Å²) in [6, 6.07) is 12.5. The molecule has 0 spiro atoms. The highest BCUT2D eigenvalue weighted by Gasteiger charge is 2.36. The van der Waals surface area contributed by atoms with E-state index in [2.05, 4.69) is 35.0 Å². The molecule has 3 heterocycles. The first-order valence-corrected chi connectivity index (χ1v) is 7.06. The van der Waals surface area contributed by atoms with Crippen LogP contribution in [0.2, 0.25) is 0 Å². The molecule has 1 amide bonds. The maximum atomic E-state index is 12.0. The molecule has 1 unspecified atom stereocenters. The van der Waals surface area contributed by atoms with Crippen molar-refractivity contribution < 1.29 is 4.79 Å². The van der Waals surface area contributed by atoms with Gasteiger partial charge in [-0.2, -0.15) is 0 Å². The van der Waals surface area contributed by atoms with Gasteiger partial charge in [-0.15, -0.1) is 11.8 Å². The molecular formula is C14H12N2OS. The smallest absolute Gasteiger partial charge is 0.234 e. The lowest BCUT2D eigenvalue weighted by Crippen LogP contribution is -2.26. The van der Waals surface area contributed by atoms with Crippen molar-refractivity contribution in [3.63, 3.8) is 0 Å². The predicted molar refractivity (Wildman–Crippen MR) is 71.5 cm³/mol. The summed E-state index contributed by atoms with van der Waals surface area (Å²) in [5.74, 6) is 0.840. The van der Waals surface area contributed by atoms with Crippen LogP contribution in [-0.4, -0.2) is 21.1 Å². The van der Waals surface area contributed by atoms with Gasteiger partial charge in [0.15, 0.2) is 0 Å². The minimum Gasteiger partial charge on any atom is -0.320 e. The summed E-state index contributed by atoms with van der Waals surface area (Å²) in [6.45, 7) is 0.717. The quantitative estimate of drug-likeness (QED) is 0.724. The first-order chi connectivity index (χ1) is 8.84. The molecule has 4 rings (SSSR count). The molecule has 18 heavy (non-hydrogen) atoms. The van der Waals surface area contributed by atoms with E-state index in [4.69, 9.17) is 0 Å². The van der Waals surface area contributed by atoms with Crippen molar-refractivity contribution in [1.82, 2.24) is 9.47 Å². The normalized spacial score (nSPS) is 21.2. The minimum absolute atomic E-state index is 0.167. The van der Waals surface area contributed by atoms with Crippen LogP contribution >= 0.6 is 11.8 Å². The SMILES string of the molecule is O=C1CSC2c3cccn3-c3ccccc3CN12. The van der Waals surface area contributed by atoms with Crippen LogP contribution in [0.1, 0.15) is 16.6 Å². The summed E-state index contributed by atoms with van der Waals surface area (Å²) in [6.07, 6.45) is 2.08. The first kappa shape index (κ1) is 10.3. The molecule has 90 valence electrons. The number of carbonyl (C=O) groups is 1. The fourth-order valence-electron chi connectivity index (χ4n) is 2.75. The van der Waals surface area contributed by atoms with E-state index in [1.165, 1.54) is 16.9 Å². The summed E-state index contributed by atoms with van der Waals surface area (Å²) in [5.41, 5.74) is 3.62. The van der Waals surface area contributed by atoms with E-state index in [0.717, 1.165) is 0 Å². The van der Waals surface area contributed by atoms with E-state index in [9.17, 15) is 4.79 Å². The maximum Gasteiger partial charge on any atom is 0.234 e. The topological polar surface area (TPSA) is 25.2 Å². The molecule has 1 fully saturated rings. The standard InChI is InChI=1S/C14H12N2OS/c17-13-9-18-14-12-6-3-7-15(12)11-5-2-1-4-10(11)8-16(13)14/h1-7,14H,8-9H2. The number of para-hydroxylation sites is 1. The Morgan fingerprint density at radius 3 is 3.00 bits per heavy atom. The third-order valence-electron chi connectivity index (χ3n) is 3.59. The molecule has 1 atom stereocenters. The van der Waals surface area contributed by atoms with Crippen molar-refractivity contribution in [2.45, 2.75) is 11.9 Å². The second-order valence-corrected chi connectivity index (χ2v) is 5.69. The Bertz CT molecular complexity index is 634. The second kappa shape index (κ2) is 3.65. The molecule has 3 nitrogen and oxygen atoms in total. The molecular weight excluding hydrogens is 244 g/mol. The molecule has 2 aromatic rings. The molecule has 1 aromatic heterocycles. The van der Waals surface area contributed by atoms with Gasteiger partial charge in [0.2, 0.25) is 5.91 Å². The van der Waals surface area contributed by atoms with Crippen molar-refractivity contribution in [2.75, 3.05) is 5.75 Å². The highest BCUT2D eigenvalue weighted by Crippen LogP contribution is 2.43. The monoisotopic (exact) mass is 256 g/mol.